The molecule has 2 N–H and O–H groups in total. The molecule has 3 heterocycles. The third-order valence-corrected chi connectivity index (χ3v) is 2.64. The van der Waals surface area contributed by atoms with E-state index in [9.17, 15) is 0 Å². The van der Waals surface area contributed by atoms with Crippen LogP contribution in [-0.2, 0) is 6.54 Å². The lowest BCUT2D eigenvalue weighted by atomic mass is 10.4. The van der Waals surface area contributed by atoms with Crippen LogP contribution in [-0.4, -0.2) is 21.4 Å². The largest absolute Gasteiger partial charge is 0.467 e. The molecule has 0 aromatic carbocycles. The molecule has 0 radical (unpaired) electrons. The standard InChI is InChI=1S/C12H13N5O/c1-13-10-8-17-5-4-14-12(17)11(16-10)15-7-9-3-2-6-18-9/h2-6,8,13H,7H2,1H3,(H,15,16). The van der Waals surface area contributed by atoms with E-state index in [1.165, 1.54) is 0 Å². The maximum absolute atomic E-state index is 5.27. The Hall–Kier alpha value is -2.50. The fraction of sp³-hybridized carbons (Fsp3) is 0.167. The molecule has 92 valence electrons. The summed E-state index contributed by atoms with van der Waals surface area (Å²) in [6.45, 7) is 0.579. The Balaban J connectivity index is 1.92. The third-order valence-electron chi connectivity index (χ3n) is 2.64. The minimum Gasteiger partial charge on any atom is -0.467 e. The lowest BCUT2D eigenvalue weighted by molar-refractivity contribution is 0.518. The van der Waals surface area contributed by atoms with E-state index in [0.29, 0.717) is 6.54 Å². The van der Waals surface area contributed by atoms with Crippen LogP contribution >= 0.6 is 0 Å². The summed E-state index contributed by atoms with van der Waals surface area (Å²) in [5.41, 5.74) is 0.792. The number of nitrogens with one attached hydrogen (secondary N) is 2. The van der Waals surface area contributed by atoms with Crippen molar-refractivity contribution >= 4 is 17.3 Å². The van der Waals surface area contributed by atoms with Crippen molar-refractivity contribution in [2.75, 3.05) is 17.7 Å². The number of rotatable bonds is 4. The molecule has 0 atom stereocenters. The average molecular weight is 243 g/mol. The van der Waals surface area contributed by atoms with Crippen molar-refractivity contribution in [1.29, 1.82) is 0 Å². The van der Waals surface area contributed by atoms with E-state index in [1.54, 1.807) is 12.5 Å². The van der Waals surface area contributed by atoms with E-state index < -0.39 is 0 Å². The molecule has 0 fully saturated rings. The maximum Gasteiger partial charge on any atom is 0.180 e. The van der Waals surface area contributed by atoms with Crippen molar-refractivity contribution in [2.24, 2.45) is 0 Å². The van der Waals surface area contributed by atoms with E-state index in [2.05, 4.69) is 20.6 Å². The van der Waals surface area contributed by atoms with Crippen molar-refractivity contribution < 1.29 is 4.42 Å². The first-order valence-electron chi connectivity index (χ1n) is 5.64. The quantitative estimate of drug-likeness (QED) is 0.733. The lowest BCUT2D eigenvalue weighted by Crippen LogP contribution is -2.05. The molecule has 18 heavy (non-hydrogen) atoms. The zero-order valence-electron chi connectivity index (χ0n) is 9.92. The van der Waals surface area contributed by atoms with Gasteiger partial charge in [-0.1, -0.05) is 0 Å². The summed E-state index contributed by atoms with van der Waals surface area (Å²) >= 11 is 0. The summed E-state index contributed by atoms with van der Waals surface area (Å²) in [5.74, 6) is 2.36. The van der Waals surface area contributed by atoms with Crippen molar-refractivity contribution in [3.8, 4) is 0 Å². The maximum atomic E-state index is 5.27. The van der Waals surface area contributed by atoms with Gasteiger partial charge in [-0.15, -0.1) is 0 Å². The van der Waals surface area contributed by atoms with Crippen LogP contribution < -0.4 is 10.6 Å². The summed E-state index contributed by atoms with van der Waals surface area (Å²) in [6.07, 6.45) is 7.17. The number of aromatic nitrogens is 3. The molecule has 0 saturated carbocycles. The van der Waals surface area contributed by atoms with Gasteiger partial charge in [-0.2, -0.15) is 0 Å². The molecular weight excluding hydrogens is 230 g/mol. The molecule has 0 saturated heterocycles. The predicted octanol–water partition coefficient (Wildman–Crippen LogP) is 1.98. The van der Waals surface area contributed by atoms with Crippen LogP contribution in [0.1, 0.15) is 5.76 Å². The number of hydrogen-bond acceptors (Lipinski definition) is 5. The van der Waals surface area contributed by atoms with E-state index in [4.69, 9.17) is 4.42 Å². The Morgan fingerprint density at radius 2 is 2.39 bits per heavy atom. The molecule has 0 bridgehead atoms. The molecule has 0 aliphatic heterocycles. The number of furan rings is 1. The van der Waals surface area contributed by atoms with Crippen LogP contribution in [0.5, 0.6) is 0 Å². The highest BCUT2D eigenvalue weighted by atomic mass is 16.3. The fourth-order valence-corrected chi connectivity index (χ4v) is 1.75. The predicted molar refractivity (Wildman–Crippen MR) is 68.6 cm³/mol. The molecule has 0 aliphatic carbocycles. The lowest BCUT2D eigenvalue weighted by Gasteiger charge is -2.08. The van der Waals surface area contributed by atoms with Gasteiger partial charge >= 0.3 is 0 Å². The highest BCUT2D eigenvalue weighted by Crippen LogP contribution is 2.16. The van der Waals surface area contributed by atoms with Crippen molar-refractivity contribution in [2.45, 2.75) is 6.54 Å². The second-order valence-electron chi connectivity index (χ2n) is 3.82. The molecule has 0 unspecified atom stereocenters. The van der Waals surface area contributed by atoms with Gasteiger partial charge in [0, 0.05) is 19.4 Å². The molecule has 0 amide bonds. The Morgan fingerprint density at radius 1 is 1.44 bits per heavy atom. The number of nitrogens with zero attached hydrogens (tertiary/aromatic N) is 3. The van der Waals surface area contributed by atoms with E-state index in [-0.39, 0.29) is 0 Å². The highest BCUT2D eigenvalue weighted by Gasteiger charge is 2.07. The fourth-order valence-electron chi connectivity index (χ4n) is 1.75. The zero-order chi connectivity index (χ0) is 12.4. The summed E-state index contributed by atoms with van der Waals surface area (Å²) < 4.78 is 7.19. The minimum atomic E-state index is 0.579. The Bertz CT molecular complexity index is 644. The minimum absolute atomic E-state index is 0.579. The number of anilines is 2. The normalized spacial score (nSPS) is 10.7. The van der Waals surface area contributed by atoms with Crippen LogP contribution in [0.3, 0.4) is 0 Å². The zero-order valence-corrected chi connectivity index (χ0v) is 9.92. The van der Waals surface area contributed by atoms with E-state index in [0.717, 1.165) is 23.0 Å². The summed E-state index contributed by atoms with van der Waals surface area (Å²) in [5, 5.41) is 6.24. The van der Waals surface area contributed by atoms with Crippen LogP contribution in [0.4, 0.5) is 11.6 Å². The van der Waals surface area contributed by atoms with Crippen LogP contribution in [0.25, 0.3) is 5.65 Å². The Labute approximate surface area is 104 Å². The van der Waals surface area contributed by atoms with Gasteiger partial charge in [0.2, 0.25) is 0 Å². The first kappa shape index (κ1) is 10.6. The van der Waals surface area contributed by atoms with Gasteiger partial charge in [0.25, 0.3) is 0 Å². The van der Waals surface area contributed by atoms with Crippen LogP contribution in [0.2, 0.25) is 0 Å². The molecule has 3 rings (SSSR count). The van der Waals surface area contributed by atoms with E-state index in [1.807, 2.05) is 36.0 Å². The summed E-state index contributed by atoms with van der Waals surface area (Å²) in [6, 6.07) is 3.78. The van der Waals surface area contributed by atoms with Crippen molar-refractivity contribution in [3.05, 3.63) is 42.7 Å². The Kier molecular flexibility index (Phi) is 2.60. The highest BCUT2D eigenvalue weighted by molar-refractivity contribution is 5.65. The number of fused-ring (bicyclic) bond motifs is 1. The monoisotopic (exact) mass is 243 g/mol. The second-order valence-corrected chi connectivity index (χ2v) is 3.82. The van der Waals surface area contributed by atoms with Gasteiger partial charge in [-0.25, -0.2) is 9.97 Å². The van der Waals surface area contributed by atoms with Gasteiger partial charge < -0.3 is 19.5 Å². The molecule has 6 heteroatoms. The number of imidazole rings is 1. The van der Waals surface area contributed by atoms with Crippen molar-refractivity contribution in [1.82, 2.24) is 14.4 Å². The van der Waals surface area contributed by atoms with Gasteiger partial charge in [-0.3, -0.25) is 0 Å². The topological polar surface area (TPSA) is 67.4 Å². The van der Waals surface area contributed by atoms with Gasteiger partial charge in [-0.05, 0) is 12.1 Å². The Morgan fingerprint density at radius 3 is 3.17 bits per heavy atom. The molecule has 6 nitrogen and oxygen atoms in total. The van der Waals surface area contributed by atoms with Crippen LogP contribution in [0, 0.1) is 0 Å². The first-order valence-corrected chi connectivity index (χ1v) is 5.64. The van der Waals surface area contributed by atoms with Crippen molar-refractivity contribution in [3.63, 3.8) is 0 Å². The van der Waals surface area contributed by atoms with Crippen LogP contribution in [0.15, 0.2) is 41.4 Å². The summed E-state index contributed by atoms with van der Waals surface area (Å²) in [4.78, 5) is 8.72. The van der Waals surface area contributed by atoms with Gasteiger partial charge in [0.1, 0.15) is 11.6 Å². The molecule has 3 aromatic rings. The SMILES string of the molecule is CNc1cn2ccnc2c(NCc2ccco2)n1. The average Bonchev–Trinajstić information content (AvgIpc) is 3.06. The molecular formula is C12H13N5O. The first-order chi connectivity index (χ1) is 8.86. The van der Waals surface area contributed by atoms with E-state index >= 15 is 0 Å². The second kappa shape index (κ2) is 4.40. The smallest absolute Gasteiger partial charge is 0.180 e. The number of hydrogen-bond donors (Lipinski definition) is 2. The summed E-state index contributed by atoms with van der Waals surface area (Å²) in [7, 11) is 1.83. The molecule has 0 aliphatic rings. The van der Waals surface area contributed by atoms with Gasteiger partial charge in [0.15, 0.2) is 11.5 Å². The molecule has 3 aromatic heterocycles. The van der Waals surface area contributed by atoms with Gasteiger partial charge in [0.05, 0.1) is 19.0 Å². The molecule has 0 spiro atoms. The third kappa shape index (κ3) is 1.88.